The van der Waals surface area contributed by atoms with Crippen molar-refractivity contribution >= 4 is 50.3 Å². The fraction of sp³-hybridized carbons (Fsp3) is 0.462. The van der Waals surface area contributed by atoms with Gasteiger partial charge < -0.3 is 20.3 Å². The largest absolute Gasteiger partial charge is 0.444 e. The van der Waals surface area contributed by atoms with Gasteiger partial charge in [0.25, 0.3) is 5.91 Å². The number of rotatable bonds is 7. The number of carbonyl (C=O) groups is 4. The summed E-state index contributed by atoms with van der Waals surface area (Å²) in [4.78, 5) is 63.7. The highest BCUT2D eigenvalue weighted by atomic mass is 32.2. The fourth-order valence-electron chi connectivity index (χ4n) is 7.81. The predicted octanol–water partition coefficient (Wildman–Crippen LogP) is 4.86. The number of aromatic nitrogens is 1. The van der Waals surface area contributed by atoms with Crippen molar-refractivity contribution in [1.82, 2.24) is 24.8 Å². The van der Waals surface area contributed by atoms with Gasteiger partial charge in [-0.1, -0.05) is 67.5 Å². The Hall–Kier alpha value is -4.83. The van der Waals surface area contributed by atoms with Crippen LogP contribution in [0.25, 0.3) is 11.3 Å². The molecule has 4 amide bonds. The Morgan fingerprint density at radius 1 is 1.02 bits per heavy atom. The summed E-state index contributed by atoms with van der Waals surface area (Å²) < 4.78 is 48.3. The molecule has 5 unspecified atom stereocenters. The van der Waals surface area contributed by atoms with Gasteiger partial charge in [-0.15, -0.1) is 11.3 Å². The second-order valence-corrected chi connectivity index (χ2v) is 17.9. The number of fused-ring (bicyclic) bond motifs is 3. The average Bonchev–Trinajstić information content (AvgIpc) is 3.97. The predicted molar refractivity (Wildman–Crippen MR) is 202 cm³/mol. The van der Waals surface area contributed by atoms with E-state index >= 15 is 0 Å². The van der Waals surface area contributed by atoms with Crippen LogP contribution in [-0.2, 0) is 42.2 Å². The maximum Gasteiger partial charge on any atom is 0.410 e. The maximum atomic E-state index is 14.6. The van der Waals surface area contributed by atoms with Crippen LogP contribution < -0.4 is 15.4 Å². The van der Waals surface area contributed by atoms with Gasteiger partial charge in [-0.2, -0.15) is 0 Å². The molecule has 0 radical (unpaired) electrons. The molecule has 5 aliphatic rings. The highest BCUT2D eigenvalue weighted by molar-refractivity contribution is 7.91. The van der Waals surface area contributed by atoms with Gasteiger partial charge in [0.2, 0.25) is 21.8 Å². The van der Waals surface area contributed by atoms with Crippen LogP contribution in [0, 0.1) is 11.7 Å². The van der Waals surface area contributed by atoms with E-state index < -0.39 is 68.6 Å². The maximum absolute atomic E-state index is 14.6. The second kappa shape index (κ2) is 15.0. The monoisotopic (exact) mass is 790 g/mol. The summed E-state index contributed by atoms with van der Waals surface area (Å²) >= 11 is 1.37. The Balaban J connectivity index is 1.06. The number of thiazole rings is 1. The Morgan fingerprint density at radius 2 is 1.84 bits per heavy atom. The number of allylic oxidation sites excluding steroid dienone is 1. The molecule has 3 aromatic rings. The van der Waals surface area contributed by atoms with Crippen LogP contribution >= 0.6 is 11.3 Å². The van der Waals surface area contributed by atoms with E-state index in [1.807, 2.05) is 47.9 Å². The van der Waals surface area contributed by atoms with Crippen LogP contribution in [-0.4, -0.2) is 82.5 Å². The highest BCUT2D eigenvalue weighted by Gasteiger charge is 2.62. The Bertz CT molecular complexity index is 2130. The third-order valence-electron chi connectivity index (χ3n) is 11.2. The number of nitrogens with zero attached hydrogens (tertiary/aromatic N) is 3. The van der Waals surface area contributed by atoms with E-state index in [0.717, 1.165) is 30.5 Å². The second-order valence-electron chi connectivity index (χ2n) is 15.1. The number of halogens is 1. The number of sulfonamides is 1. The number of nitrogens with one attached hydrogen (secondary N) is 3. The Kier molecular flexibility index (Phi) is 10.1. The van der Waals surface area contributed by atoms with Crippen LogP contribution in [0.2, 0.25) is 0 Å². The summed E-state index contributed by atoms with van der Waals surface area (Å²) in [5.41, 5.74) is 1.26. The molecule has 1 saturated heterocycles. The lowest BCUT2D eigenvalue weighted by Gasteiger charge is -2.29. The lowest BCUT2D eigenvalue weighted by Crippen LogP contribution is -2.57. The quantitative estimate of drug-likeness (QED) is 0.284. The van der Waals surface area contributed by atoms with Crippen LogP contribution in [0.15, 0.2) is 66.1 Å². The van der Waals surface area contributed by atoms with Crippen molar-refractivity contribution in [2.45, 2.75) is 99.9 Å². The average molecular weight is 791 g/mol. The van der Waals surface area contributed by atoms with Crippen LogP contribution in [0.4, 0.5) is 14.3 Å². The molecule has 1 aromatic heterocycles. The van der Waals surface area contributed by atoms with Crippen LogP contribution in [0.5, 0.6) is 0 Å². The number of hydrogen-bond acceptors (Lipinski definition) is 10. The van der Waals surface area contributed by atoms with Gasteiger partial charge in [0.05, 0.1) is 24.0 Å². The number of amides is 4. The van der Waals surface area contributed by atoms with Crippen molar-refractivity contribution in [1.29, 1.82) is 0 Å². The number of hydrogen-bond donors (Lipinski definition) is 3. The lowest BCUT2D eigenvalue weighted by atomic mass is 10.1. The SMILES string of the molecule is O=C1NC2(C(=O)NS(=O)(=O)C3CC3)CC2/C=C\CCCCCC(Nc2nc(-c3ccccc3)cs2)C(=O)N2CC(OC(=O)N3Cc4cccc(F)c4C3)CC12. The van der Waals surface area contributed by atoms with E-state index in [1.54, 1.807) is 12.1 Å². The van der Waals surface area contributed by atoms with Gasteiger partial charge >= 0.3 is 6.09 Å². The van der Waals surface area contributed by atoms with E-state index in [4.69, 9.17) is 9.72 Å². The molecule has 3 fully saturated rings. The normalized spacial score (nSPS) is 27.4. The first kappa shape index (κ1) is 37.1. The molecule has 3 N–H and O–H groups in total. The Labute approximate surface area is 322 Å². The minimum Gasteiger partial charge on any atom is -0.444 e. The molecule has 5 atom stereocenters. The van der Waals surface area contributed by atoms with Crippen molar-refractivity contribution in [2.24, 2.45) is 5.92 Å². The number of ether oxygens (including phenoxy) is 1. The lowest BCUT2D eigenvalue weighted by molar-refractivity contribution is -0.140. The van der Waals surface area contributed by atoms with Gasteiger partial charge in [-0.3, -0.25) is 24.0 Å². The zero-order chi connectivity index (χ0) is 38.3. The minimum atomic E-state index is -3.90. The zero-order valence-corrected chi connectivity index (χ0v) is 31.7. The summed E-state index contributed by atoms with van der Waals surface area (Å²) in [5, 5.41) is 8.00. The number of carbonyl (C=O) groups excluding carboxylic acids is 4. The summed E-state index contributed by atoms with van der Waals surface area (Å²) in [5.74, 6) is -2.69. The summed E-state index contributed by atoms with van der Waals surface area (Å²) in [7, 11) is -3.90. The molecule has 290 valence electrons. The van der Waals surface area contributed by atoms with E-state index in [0.29, 0.717) is 41.9 Å². The molecule has 3 aliphatic heterocycles. The van der Waals surface area contributed by atoms with Gasteiger partial charge in [-0.05, 0) is 50.2 Å². The molecule has 0 spiro atoms. The summed E-state index contributed by atoms with van der Waals surface area (Å²) in [6.07, 6.45) is 6.83. The first-order valence-electron chi connectivity index (χ1n) is 18.9. The highest BCUT2D eigenvalue weighted by Crippen LogP contribution is 2.46. The van der Waals surface area contributed by atoms with E-state index in [1.165, 1.54) is 27.2 Å². The molecular formula is C39H43FN6O7S2. The van der Waals surface area contributed by atoms with Gasteiger partial charge in [-0.25, -0.2) is 22.6 Å². The van der Waals surface area contributed by atoms with Crippen LogP contribution in [0.3, 0.4) is 0 Å². The molecule has 2 aliphatic carbocycles. The van der Waals surface area contributed by atoms with Gasteiger partial charge in [0.15, 0.2) is 5.13 Å². The van der Waals surface area contributed by atoms with Crippen molar-refractivity contribution in [3.8, 4) is 11.3 Å². The van der Waals surface area contributed by atoms with Crippen molar-refractivity contribution in [3.63, 3.8) is 0 Å². The third kappa shape index (κ3) is 7.83. The number of benzene rings is 2. The first-order valence-corrected chi connectivity index (χ1v) is 21.3. The Morgan fingerprint density at radius 3 is 2.62 bits per heavy atom. The molecule has 4 heterocycles. The van der Waals surface area contributed by atoms with E-state index in [9.17, 15) is 32.0 Å². The third-order valence-corrected chi connectivity index (χ3v) is 13.8. The number of anilines is 1. The summed E-state index contributed by atoms with van der Waals surface area (Å²) in [6.45, 7) is 0.0925. The fourth-order valence-corrected chi connectivity index (χ4v) is 9.94. The van der Waals surface area contributed by atoms with Crippen molar-refractivity contribution in [3.05, 3.63) is 83.0 Å². The molecule has 8 rings (SSSR count). The van der Waals surface area contributed by atoms with E-state index in [-0.39, 0.29) is 38.4 Å². The summed E-state index contributed by atoms with van der Waals surface area (Å²) in [6, 6.07) is 12.4. The smallest absolute Gasteiger partial charge is 0.410 e. The molecule has 2 aromatic carbocycles. The molecule has 13 nitrogen and oxygen atoms in total. The standard InChI is InChI=1S/C39H43FN6O7S2/c40-30-14-9-12-25-20-45(22-29(25)30)38(50)53-27-18-33-34(47)43-39(36(49)44-55(51,52)28-16-17-28)19-26(39)13-7-2-1-3-8-15-31(35(48)46(33)21-27)41-37-42-32(23-54-37)24-10-5-4-6-11-24/h4-7,9-14,23,26-28,31,33H,1-3,8,15-22H2,(H,41,42)(H,43,47)(H,44,49)/b13-7-. The molecule has 0 bridgehead atoms. The zero-order valence-electron chi connectivity index (χ0n) is 30.1. The minimum absolute atomic E-state index is 0.0290. The van der Waals surface area contributed by atoms with Crippen molar-refractivity contribution < 1.29 is 36.7 Å². The van der Waals surface area contributed by atoms with Crippen LogP contribution in [0.1, 0.15) is 68.9 Å². The molecule has 2 saturated carbocycles. The topological polar surface area (TPSA) is 167 Å². The van der Waals surface area contributed by atoms with Crippen molar-refractivity contribution in [2.75, 3.05) is 11.9 Å². The van der Waals surface area contributed by atoms with Gasteiger partial charge in [0, 0.05) is 35.4 Å². The first-order chi connectivity index (χ1) is 26.5. The molecule has 16 heteroatoms. The van der Waals surface area contributed by atoms with E-state index in [2.05, 4.69) is 15.4 Å². The molecule has 55 heavy (non-hydrogen) atoms. The molecular weight excluding hydrogens is 748 g/mol. The van der Waals surface area contributed by atoms with Gasteiger partial charge in [0.1, 0.15) is 29.5 Å².